The average molecular weight is 639 g/mol. The van der Waals surface area contributed by atoms with Gasteiger partial charge in [-0.25, -0.2) is 0 Å². The van der Waals surface area contributed by atoms with Crippen LogP contribution in [0.2, 0.25) is 0 Å². The minimum Gasteiger partial charge on any atom is -0.143 e. The van der Waals surface area contributed by atoms with E-state index in [-0.39, 0.29) is 0 Å². The minimum atomic E-state index is 1.24. The van der Waals surface area contributed by atoms with E-state index >= 15 is 0 Å². The molecule has 4 heterocycles. The topological polar surface area (TPSA) is 0 Å². The van der Waals surface area contributed by atoms with Gasteiger partial charge in [0.25, 0.3) is 0 Å². The zero-order chi connectivity index (χ0) is 29.2. The predicted molar refractivity (Wildman–Crippen MR) is 195 cm³/mol. The quantitative estimate of drug-likeness (QED) is 0.0709. The van der Waals surface area contributed by atoms with Gasteiger partial charge in [-0.05, 0) is 110 Å². The van der Waals surface area contributed by atoms with Crippen LogP contribution in [0, 0.1) is 0 Å². The Kier molecular flexibility index (Phi) is 16.0. The summed E-state index contributed by atoms with van der Waals surface area (Å²) in [6.45, 7) is 4.60. The number of unbranched alkanes of at least 4 members (excludes halogenated alkanes) is 13. The highest BCUT2D eigenvalue weighted by Gasteiger charge is 2.11. The molecule has 4 aromatic heterocycles. The summed E-state index contributed by atoms with van der Waals surface area (Å²) in [7, 11) is 0. The number of aryl methyl sites for hydroxylation is 4. The molecule has 0 radical (unpaired) electrons. The first kappa shape index (κ1) is 33.7. The van der Waals surface area contributed by atoms with Crippen molar-refractivity contribution in [3.05, 3.63) is 68.0 Å². The van der Waals surface area contributed by atoms with Crippen molar-refractivity contribution in [1.29, 1.82) is 0 Å². The van der Waals surface area contributed by atoms with Crippen molar-refractivity contribution >= 4 is 45.3 Å². The van der Waals surface area contributed by atoms with Crippen LogP contribution in [-0.2, 0) is 25.7 Å². The lowest BCUT2D eigenvalue weighted by atomic mass is 10.1. The van der Waals surface area contributed by atoms with Gasteiger partial charge in [0, 0.05) is 29.3 Å². The van der Waals surface area contributed by atoms with Gasteiger partial charge in [-0.1, -0.05) is 90.9 Å². The molecule has 0 aliphatic carbocycles. The molecule has 0 spiro atoms. The molecule has 0 fully saturated rings. The van der Waals surface area contributed by atoms with E-state index in [1.807, 2.05) is 45.3 Å². The SMILES string of the molecule is CCCCCCCCc1ccsc1-c1ccc(CCCCCCc2ccc(-c3sccc3CCCCCCCC)s2)s1. The molecule has 0 saturated carbocycles. The van der Waals surface area contributed by atoms with E-state index < -0.39 is 0 Å². The van der Waals surface area contributed by atoms with Crippen molar-refractivity contribution in [2.24, 2.45) is 0 Å². The van der Waals surface area contributed by atoms with Crippen molar-refractivity contribution in [2.75, 3.05) is 0 Å². The summed E-state index contributed by atoms with van der Waals surface area (Å²) < 4.78 is 0. The van der Waals surface area contributed by atoms with E-state index in [0.29, 0.717) is 0 Å². The van der Waals surface area contributed by atoms with Gasteiger partial charge < -0.3 is 0 Å². The Morgan fingerprint density at radius 2 is 0.786 bits per heavy atom. The fraction of sp³-hybridized carbons (Fsp3) is 0.579. The van der Waals surface area contributed by atoms with Crippen molar-refractivity contribution in [1.82, 2.24) is 0 Å². The number of hydrogen-bond acceptors (Lipinski definition) is 4. The summed E-state index contributed by atoms with van der Waals surface area (Å²) in [6.07, 6.45) is 26.8. The predicted octanol–water partition coefficient (Wildman–Crippen LogP) is 14.4. The first-order chi connectivity index (χ1) is 20.8. The molecule has 4 rings (SSSR count). The van der Waals surface area contributed by atoms with Gasteiger partial charge in [0.15, 0.2) is 0 Å². The van der Waals surface area contributed by atoms with Crippen LogP contribution in [0.25, 0.3) is 19.5 Å². The maximum atomic E-state index is 2.40. The fourth-order valence-electron chi connectivity index (χ4n) is 5.91. The smallest absolute Gasteiger partial charge is 0.0474 e. The molecule has 0 nitrogen and oxygen atoms in total. The van der Waals surface area contributed by atoms with Crippen molar-refractivity contribution in [3.8, 4) is 19.5 Å². The standard InChI is InChI=1S/C38H54S4/c1-3-5-7-9-11-15-19-31-27-29-39-37(31)35-25-23-33(41-35)21-17-13-14-18-22-34-24-26-36(42-34)38-32(28-30-40-38)20-16-12-10-8-6-4-2/h23-30H,3-22H2,1-2H3. The van der Waals surface area contributed by atoms with E-state index in [2.05, 4.69) is 61.0 Å². The Morgan fingerprint density at radius 1 is 0.405 bits per heavy atom. The monoisotopic (exact) mass is 638 g/mol. The van der Waals surface area contributed by atoms with E-state index in [4.69, 9.17) is 0 Å². The van der Waals surface area contributed by atoms with Gasteiger partial charge in [-0.15, -0.1) is 45.3 Å². The van der Waals surface area contributed by atoms with E-state index in [9.17, 15) is 0 Å². The molecule has 0 saturated heterocycles. The summed E-state index contributed by atoms with van der Waals surface area (Å²) in [5.41, 5.74) is 3.16. The highest BCUT2D eigenvalue weighted by molar-refractivity contribution is 7.22. The van der Waals surface area contributed by atoms with Crippen molar-refractivity contribution < 1.29 is 0 Å². The van der Waals surface area contributed by atoms with Crippen LogP contribution in [0.1, 0.15) is 137 Å². The number of hydrogen-bond donors (Lipinski definition) is 0. The van der Waals surface area contributed by atoms with E-state index in [1.54, 1.807) is 20.9 Å². The fourth-order valence-corrected chi connectivity index (χ4v) is 10.2. The molecule has 0 aliphatic rings. The average Bonchev–Trinajstić information content (AvgIpc) is 3.82. The lowest BCUT2D eigenvalue weighted by Crippen LogP contribution is -1.86. The second-order valence-electron chi connectivity index (χ2n) is 12.0. The molecular formula is C38H54S4. The summed E-state index contributed by atoms with van der Waals surface area (Å²) in [5, 5.41) is 4.60. The van der Waals surface area contributed by atoms with Crippen molar-refractivity contribution in [3.63, 3.8) is 0 Å². The molecule has 0 atom stereocenters. The molecule has 0 aromatic carbocycles. The molecule has 0 amide bonds. The Bertz CT molecular complexity index is 1140. The molecular weight excluding hydrogens is 585 g/mol. The summed E-state index contributed by atoms with van der Waals surface area (Å²) >= 11 is 7.96. The lowest BCUT2D eigenvalue weighted by Gasteiger charge is -2.03. The van der Waals surface area contributed by atoms with Crippen LogP contribution in [0.4, 0.5) is 0 Å². The van der Waals surface area contributed by atoms with Gasteiger partial charge in [0.05, 0.1) is 0 Å². The van der Waals surface area contributed by atoms with Crippen LogP contribution in [0.3, 0.4) is 0 Å². The summed E-state index contributed by atoms with van der Waals surface area (Å²) in [4.78, 5) is 9.20. The first-order valence-electron chi connectivity index (χ1n) is 17.1. The zero-order valence-corrected chi connectivity index (χ0v) is 29.7. The summed E-state index contributed by atoms with van der Waals surface area (Å²) in [5.74, 6) is 0. The highest BCUT2D eigenvalue weighted by Crippen LogP contribution is 2.37. The van der Waals surface area contributed by atoms with Crippen LogP contribution in [-0.4, -0.2) is 0 Å². The van der Waals surface area contributed by atoms with E-state index in [0.717, 1.165) is 0 Å². The van der Waals surface area contributed by atoms with Gasteiger partial charge in [0.2, 0.25) is 0 Å². The van der Waals surface area contributed by atoms with E-state index in [1.165, 1.54) is 148 Å². The molecule has 0 N–H and O–H groups in total. The Morgan fingerprint density at radius 3 is 1.21 bits per heavy atom. The summed E-state index contributed by atoms with van der Waals surface area (Å²) in [6, 6.07) is 14.3. The first-order valence-corrected chi connectivity index (χ1v) is 20.5. The molecule has 0 unspecified atom stereocenters. The Labute approximate surface area is 273 Å². The molecule has 0 bridgehead atoms. The maximum Gasteiger partial charge on any atom is 0.0474 e. The molecule has 42 heavy (non-hydrogen) atoms. The molecule has 0 aliphatic heterocycles. The second kappa shape index (κ2) is 20.0. The third kappa shape index (κ3) is 11.4. The van der Waals surface area contributed by atoms with Gasteiger partial charge in [-0.2, -0.15) is 0 Å². The highest BCUT2D eigenvalue weighted by atomic mass is 32.1. The van der Waals surface area contributed by atoms with Crippen LogP contribution in [0.15, 0.2) is 47.2 Å². The second-order valence-corrected chi connectivity index (χ2v) is 16.2. The largest absolute Gasteiger partial charge is 0.143 e. The number of rotatable bonds is 23. The molecule has 4 aromatic rings. The maximum absolute atomic E-state index is 2.40. The van der Waals surface area contributed by atoms with Crippen LogP contribution in [0.5, 0.6) is 0 Å². The third-order valence-corrected chi connectivity index (χ3v) is 13.0. The molecule has 4 heteroatoms. The third-order valence-electron chi connectivity index (χ3n) is 8.46. The van der Waals surface area contributed by atoms with Gasteiger partial charge >= 0.3 is 0 Å². The Hall–Kier alpha value is -1.20. The minimum absolute atomic E-state index is 1.24. The van der Waals surface area contributed by atoms with Gasteiger partial charge in [-0.3, -0.25) is 0 Å². The van der Waals surface area contributed by atoms with Crippen molar-refractivity contribution in [2.45, 2.75) is 142 Å². The Balaban J connectivity index is 1.11. The van der Waals surface area contributed by atoms with Gasteiger partial charge in [0.1, 0.15) is 0 Å². The molecule has 230 valence electrons. The normalized spacial score (nSPS) is 11.6. The zero-order valence-electron chi connectivity index (χ0n) is 26.4. The van der Waals surface area contributed by atoms with Crippen LogP contribution < -0.4 is 0 Å². The lowest BCUT2D eigenvalue weighted by molar-refractivity contribution is 0.608. The van der Waals surface area contributed by atoms with Crippen LogP contribution >= 0.6 is 45.3 Å². The number of thiophene rings is 4.